The third-order valence-corrected chi connectivity index (χ3v) is 1.83. The quantitative estimate of drug-likeness (QED) is 0.468. The van der Waals surface area contributed by atoms with Gasteiger partial charge in [-0.05, 0) is 31.2 Å². The summed E-state index contributed by atoms with van der Waals surface area (Å²) in [4.78, 5) is 4.79. The summed E-state index contributed by atoms with van der Waals surface area (Å²) in [6.45, 7) is 2.38. The maximum absolute atomic E-state index is 8.63. The summed E-state index contributed by atoms with van der Waals surface area (Å²) in [6.07, 6.45) is -0.00400. The molecule has 1 aromatic rings. The van der Waals surface area contributed by atoms with Crippen LogP contribution in [0, 0.1) is 0 Å². The normalized spacial score (nSPS) is 12.3. The molecule has 1 unspecified atom stereocenters. The summed E-state index contributed by atoms with van der Waals surface area (Å²) in [5.74, 6) is 4.10. The van der Waals surface area contributed by atoms with E-state index in [0.717, 1.165) is 5.75 Å². The van der Waals surface area contributed by atoms with Gasteiger partial charge in [-0.2, -0.15) is 0 Å². The van der Waals surface area contributed by atoms with Crippen molar-refractivity contribution in [3.8, 4) is 5.75 Å². The molecular formula is C9H14ClNO6S. The second kappa shape index (κ2) is 8.25. The van der Waals surface area contributed by atoms with E-state index in [1.807, 2.05) is 19.1 Å². The number of hydrogen-bond acceptors (Lipinski definition) is 5. The minimum absolute atomic E-state index is 0.00400. The van der Waals surface area contributed by atoms with E-state index in [1.165, 1.54) is 0 Å². The summed E-state index contributed by atoms with van der Waals surface area (Å²) < 4.78 is 38.2. The molecule has 0 radical (unpaired) electrons. The summed E-state index contributed by atoms with van der Waals surface area (Å²) in [5.41, 5.74) is 0. The van der Waals surface area contributed by atoms with Crippen molar-refractivity contribution in [1.29, 1.82) is 0 Å². The number of benzene rings is 1. The zero-order valence-electron chi connectivity index (χ0n) is 9.58. The lowest BCUT2D eigenvalue weighted by atomic mass is 10.3. The average Bonchev–Trinajstić information content (AvgIpc) is 2.25. The molecule has 0 aromatic heterocycles. The van der Waals surface area contributed by atoms with Crippen molar-refractivity contribution in [2.75, 3.05) is 6.61 Å². The van der Waals surface area contributed by atoms with Gasteiger partial charge in [0.1, 0.15) is 18.5 Å². The zero-order valence-corrected chi connectivity index (χ0v) is 11.1. The van der Waals surface area contributed by atoms with Crippen LogP contribution in [-0.4, -0.2) is 30.2 Å². The number of hydrogen-bond donors (Lipinski definition) is 2. The molecule has 18 heavy (non-hydrogen) atoms. The second-order valence-electron chi connectivity index (χ2n) is 3.17. The highest BCUT2D eigenvalue weighted by Gasteiger charge is 2.02. The molecule has 9 heteroatoms. The lowest BCUT2D eigenvalue weighted by Crippen LogP contribution is -2.53. The Hall–Kier alpha value is -0.900. The molecule has 1 atom stereocenters. The molecule has 0 saturated carbocycles. The summed E-state index contributed by atoms with van der Waals surface area (Å²) in [5, 5.41) is 0.703. The molecule has 0 fully saturated rings. The molecule has 0 aliphatic carbocycles. The molecule has 7 nitrogen and oxygen atoms in total. The van der Waals surface area contributed by atoms with Gasteiger partial charge in [-0.3, -0.25) is 4.55 Å². The predicted molar refractivity (Wildman–Crippen MR) is 62.7 cm³/mol. The second-order valence-corrected chi connectivity index (χ2v) is 4.46. The summed E-state index contributed by atoms with van der Waals surface area (Å²) >= 11 is 5.71. The molecule has 4 N–H and O–H groups in total. The highest BCUT2D eigenvalue weighted by molar-refractivity contribution is 7.79. The van der Waals surface area contributed by atoms with Gasteiger partial charge in [-0.25, -0.2) is 19.2 Å². The highest BCUT2D eigenvalue weighted by atomic mass is 35.5. The molecule has 1 rings (SSSR count). The lowest BCUT2D eigenvalue weighted by molar-refractivity contribution is -0.701. The molecule has 0 spiro atoms. The Kier molecular flexibility index (Phi) is 7.83. The van der Waals surface area contributed by atoms with Crippen molar-refractivity contribution in [1.82, 2.24) is 0 Å². The molecule has 0 bridgehead atoms. The van der Waals surface area contributed by atoms with Crippen LogP contribution in [0.3, 0.4) is 0 Å². The largest absolute Gasteiger partial charge is 0.726 e. The average molecular weight is 300 g/mol. The van der Waals surface area contributed by atoms with E-state index in [4.69, 9.17) is 38.7 Å². The number of halogens is 1. The topological polar surface area (TPSA) is 124 Å². The first kappa shape index (κ1) is 17.1. The van der Waals surface area contributed by atoms with Crippen LogP contribution in [0.4, 0.5) is 0 Å². The smallest absolute Gasteiger partial charge is 0.215 e. The van der Waals surface area contributed by atoms with Crippen molar-refractivity contribution in [2.24, 2.45) is 0 Å². The Morgan fingerprint density at radius 3 is 2.28 bits per heavy atom. The first-order valence-corrected chi connectivity index (χ1v) is 6.44. The first-order chi connectivity index (χ1) is 8.22. The molecule has 0 heterocycles. The van der Waals surface area contributed by atoms with E-state index >= 15 is 0 Å². The maximum Gasteiger partial charge on any atom is 0.215 e. The Morgan fingerprint density at radius 1 is 1.44 bits per heavy atom. The van der Waals surface area contributed by atoms with E-state index in [2.05, 4.69) is 5.90 Å². The Labute approximate surface area is 110 Å². The fourth-order valence-electron chi connectivity index (χ4n) is 0.793. The molecule has 0 aliphatic heterocycles. The van der Waals surface area contributed by atoms with Gasteiger partial charge in [0.2, 0.25) is 10.4 Å². The fourth-order valence-corrected chi connectivity index (χ4v) is 0.919. The van der Waals surface area contributed by atoms with Crippen molar-refractivity contribution in [3.63, 3.8) is 0 Å². The molecule has 104 valence electrons. The van der Waals surface area contributed by atoms with Crippen molar-refractivity contribution in [2.45, 2.75) is 13.0 Å². The van der Waals surface area contributed by atoms with Crippen LogP contribution < -0.4 is 10.6 Å². The standard InChI is InChI=1S/C9H13ClNO2.H2O4S/c1-7(13-11)6-12-9-4-2-8(10)3-5-9;1-5(2,3)4/h2-5,7H,6H2,1,11H3;(H2,1,2,3,4)/q+1;/p-1. The Balaban J connectivity index is 0.000000494. The molecule has 0 aliphatic rings. The molecule has 0 saturated heterocycles. The predicted octanol–water partition coefficient (Wildman–Crippen LogP) is 0.285. The fraction of sp³-hybridized carbons (Fsp3) is 0.333. The van der Waals surface area contributed by atoms with Crippen molar-refractivity contribution >= 4 is 22.0 Å². The van der Waals surface area contributed by atoms with Gasteiger partial charge >= 0.3 is 0 Å². The van der Waals surface area contributed by atoms with Gasteiger partial charge in [0, 0.05) is 5.02 Å². The van der Waals surface area contributed by atoms with Crippen LogP contribution >= 0.6 is 11.6 Å². The first-order valence-electron chi connectivity index (χ1n) is 4.70. The third kappa shape index (κ3) is 11.6. The number of ether oxygens (including phenoxy) is 1. The van der Waals surface area contributed by atoms with E-state index in [9.17, 15) is 0 Å². The molecule has 1 aromatic carbocycles. The minimum atomic E-state index is -4.92. The summed E-state index contributed by atoms with van der Waals surface area (Å²) in [6, 6.07) is 7.20. The molecular weight excluding hydrogens is 286 g/mol. The van der Waals surface area contributed by atoms with Crippen LogP contribution in [0.5, 0.6) is 5.75 Å². The maximum atomic E-state index is 8.63. The van der Waals surface area contributed by atoms with E-state index < -0.39 is 10.4 Å². The minimum Gasteiger partial charge on any atom is -0.726 e. The zero-order chi connectivity index (χ0) is 14.2. The van der Waals surface area contributed by atoms with Gasteiger partial charge in [-0.15, -0.1) is 0 Å². The van der Waals surface area contributed by atoms with Gasteiger partial charge in [0.15, 0.2) is 0 Å². The van der Waals surface area contributed by atoms with Gasteiger partial charge in [-0.1, -0.05) is 11.6 Å². The van der Waals surface area contributed by atoms with Crippen molar-refractivity contribution < 1.29 is 33.0 Å². The summed E-state index contributed by atoms with van der Waals surface area (Å²) in [7, 11) is -4.92. The molecule has 0 amide bonds. The van der Waals surface area contributed by atoms with Crippen LogP contribution in [0.15, 0.2) is 24.3 Å². The lowest BCUT2D eigenvalue weighted by Gasteiger charge is -2.08. The van der Waals surface area contributed by atoms with Crippen LogP contribution in [-0.2, 0) is 15.2 Å². The SMILES string of the molecule is CC(COc1ccc(Cl)cc1)O[NH3+].O=S(=O)([O-])O. The van der Waals surface area contributed by atoms with E-state index in [-0.39, 0.29) is 6.10 Å². The van der Waals surface area contributed by atoms with Gasteiger partial charge < -0.3 is 9.29 Å². The number of quaternary nitrogens is 1. The Morgan fingerprint density at radius 2 is 1.89 bits per heavy atom. The van der Waals surface area contributed by atoms with E-state index in [1.54, 1.807) is 12.1 Å². The van der Waals surface area contributed by atoms with Crippen molar-refractivity contribution in [3.05, 3.63) is 29.3 Å². The highest BCUT2D eigenvalue weighted by Crippen LogP contribution is 2.15. The van der Waals surface area contributed by atoms with Crippen LogP contribution in [0.1, 0.15) is 6.92 Å². The van der Waals surface area contributed by atoms with Gasteiger partial charge in [0.05, 0.1) is 0 Å². The monoisotopic (exact) mass is 299 g/mol. The Bertz CT molecular complexity index is 427. The third-order valence-electron chi connectivity index (χ3n) is 1.58. The van der Waals surface area contributed by atoms with Crippen LogP contribution in [0.2, 0.25) is 5.02 Å². The van der Waals surface area contributed by atoms with Crippen LogP contribution in [0.25, 0.3) is 0 Å². The van der Waals surface area contributed by atoms with E-state index in [0.29, 0.717) is 11.6 Å². The van der Waals surface area contributed by atoms with Gasteiger partial charge in [0.25, 0.3) is 0 Å². The number of rotatable bonds is 4.